The van der Waals surface area contributed by atoms with Crippen LogP contribution in [0.2, 0.25) is 0 Å². The van der Waals surface area contributed by atoms with Crippen LogP contribution in [0.1, 0.15) is 35.7 Å². The Balaban J connectivity index is 0.00000408. The molecule has 186 valence electrons. The number of nitrogens with zero attached hydrogens (tertiary/aromatic N) is 1. The van der Waals surface area contributed by atoms with Crippen molar-refractivity contribution in [3.8, 4) is 5.75 Å². The van der Waals surface area contributed by atoms with E-state index >= 15 is 0 Å². The highest BCUT2D eigenvalue weighted by Crippen LogP contribution is 2.37. The van der Waals surface area contributed by atoms with Crippen LogP contribution in [-0.4, -0.2) is 36.5 Å². The first-order chi connectivity index (χ1) is 15.6. The molecule has 3 rings (SSSR count). The van der Waals surface area contributed by atoms with Gasteiger partial charge in [-0.15, -0.1) is 37.3 Å². The van der Waals surface area contributed by atoms with E-state index in [1.807, 2.05) is 6.92 Å². The zero-order valence-corrected chi connectivity index (χ0v) is 19.8. The van der Waals surface area contributed by atoms with Crippen LogP contribution in [0.15, 0.2) is 41.3 Å². The molecule has 2 amide bonds. The summed E-state index contributed by atoms with van der Waals surface area (Å²) in [5, 5.41) is 2.65. The number of ether oxygens (including phenoxy) is 1. The van der Waals surface area contributed by atoms with Crippen LogP contribution in [-0.2, 0) is 11.3 Å². The van der Waals surface area contributed by atoms with Crippen molar-refractivity contribution < 1.29 is 31.9 Å². The largest absolute Gasteiger partial charge is 0.573 e. The summed E-state index contributed by atoms with van der Waals surface area (Å²) < 4.78 is 55.7. The van der Waals surface area contributed by atoms with Gasteiger partial charge in [0.05, 0.1) is 23.8 Å². The van der Waals surface area contributed by atoms with Crippen molar-refractivity contribution in [3.05, 3.63) is 53.3 Å². The van der Waals surface area contributed by atoms with Crippen LogP contribution >= 0.6 is 24.2 Å². The molecular weight excluding hydrogens is 498 g/mol. The third-order valence-corrected chi connectivity index (χ3v) is 6.06. The molecule has 0 fully saturated rings. The third-order valence-electron chi connectivity index (χ3n) is 4.90. The van der Waals surface area contributed by atoms with E-state index < -0.39 is 35.8 Å². The molecule has 0 saturated heterocycles. The van der Waals surface area contributed by atoms with E-state index in [0.717, 1.165) is 25.0 Å². The molecule has 2 aromatic carbocycles. The van der Waals surface area contributed by atoms with Crippen LogP contribution in [0.5, 0.6) is 5.75 Å². The Bertz CT molecular complexity index is 1020. The molecule has 1 heterocycles. The lowest BCUT2D eigenvalue weighted by atomic mass is 10.1. The van der Waals surface area contributed by atoms with E-state index in [-0.39, 0.29) is 30.3 Å². The number of alkyl halides is 3. The van der Waals surface area contributed by atoms with Crippen molar-refractivity contribution in [1.82, 2.24) is 5.32 Å². The fraction of sp³-hybridized carbons (Fsp3) is 0.364. The minimum atomic E-state index is -4.82. The quantitative estimate of drug-likeness (QED) is 0.409. The second-order valence-electron chi connectivity index (χ2n) is 7.44. The maximum Gasteiger partial charge on any atom is 0.573 e. The van der Waals surface area contributed by atoms with Crippen molar-refractivity contribution in [2.24, 2.45) is 5.73 Å². The highest BCUT2D eigenvalue weighted by molar-refractivity contribution is 7.99. The molecule has 0 aliphatic carbocycles. The number of anilines is 1. The van der Waals surface area contributed by atoms with Gasteiger partial charge >= 0.3 is 6.36 Å². The standard InChI is InChI=1S/C22H23F4N3O3S.ClH/c1-2-3-8-28-20(30)15-9-18-19(10-16(15)23)33-12-17(27)21(31)29(18)11-13-4-6-14(7-5-13)32-22(24,25)26;/h4-7,9-10,17H,2-3,8,11-12,27H2,1H3,(H,28,30);1H/t17-;/m0./s1. The molecule has 0 radical (unpaired) electrons. The molecular formula is C22H24ClF4N3O3S. The minimum Gasteiger partial charge on any atom is -0.406 e. The Morgan fingerprint density at radius 2 is 1.94 bits per heavy atom. The first-order valence-corrected chi connectivity index (χ1v) is 11.2. The number of carbonyl (C=O) groups is 2. The van der Waals surface area contributed by atoms with Crippen LogP contribution in [0.3, 0.4) is 0 Å². The fourth-order valence-corrected chi connectivity index (χ4v) is 4.24. The van der Waals surface area contributed by atoms with Crippen LogP contribution in [0, 0.1) is 5.82 Å². The Morgan fingerprint density at radius 1 is 1.26 bits per heavy atom. The Labute approximate surface area is 204 Å². The van der Waals surface area contributed by atoms with Gasteiger partial charge in [0, 0.05) is 17.2 Å². The molecule has 2 aromatic rings. The van der Waals surface area contributed by atoms with E-state index in [9.17, 15) is 27.2 Å². The number of halogens is 5. The van der Waals surface area contributed by atoms with Gasteiger partial charge in [-0.3, -0.25) is 9.59 Å². The average molecular weight is 522 g/mol. The zero-order valence-electron chi connectivity index (χ0n) is 18.2. The Hall–Kier alpha value is -2.50. The summed E-state index contributed by atoms with van der Waals surface area (Å²) in [5.41, 5.74) is 6.60. The van der Waals surface area contributed by atoms with Gasteiger partial charge in [-0.25, -0.2) is 4.39 Å². The molecule has 1 atom stereocenters. The number of thioether (sulfide) groups is 1. The maximum absolute atomic E-state index is 14.7. The van der Waals surface area contributed by atoms with Crippen LogP contribution < -0.4 is 20.7 Å². The monoisotopic (exact) mass is 521 g/mol. The summed E-state index contributed by atoms with van der Waals surface area (Å²) in [6, 6.07) is 6.69. The molecule has 6 nitrogen and oxygen atoms in total. The SMILES string of the molecule is CCCCNC(=O)c1cc2c(cc1F)SC[C@H](N)C(=O)N2Cc1ccc(OC(F)(F)F)cc1.Cl. The summed E-state index contributed by atoms with van der Waals surface area (Å²) in [7, 11) is 0. The normalized spacial score (nSPS) is 15.8. The summed E-state index contributed by atoms with van der Waals surface area (Å²) in [5.74, 6) is -1.94. The van der Waals surface area contributed by atoms with Gasteiger partial charge in [0.2, 0.25) is 5.91 Å². The number of hydrogen-bond donors (Lipinski definition) is 2. The van der Waals surface area contributed by atoms with E-state index in [2.05, 4.69) is 10.1 Å². The summed E-state index contributed by atoms with van der Waals surface area (Å²) in [4.78, 5) is 27.2. The van der Waals surface area contributed by atoms with Crippen molar-refractivity contribution in [2.45, 2.75) is 43.6 Å². The lowest BCUT2D eigenvalue weighted by Gasteiger charge is -2.25. The molecule has 0 bridgehead atoms. The molecule has 12 heteroatoms. The van der Waals surface area contributed by atoms with Gasteiger partial charge in [0.1, 0.15) is 11.6 Å². The van der Waals surface area contributed by atoms with Gasteiger partial charge in [0.25, 0.3) is 5.91 Å². The van der Waals surface area contributed by atoms with Gasteiger partial charge < -0.3 is 20.7 Å². The van der Waals surface area contributed by atoms with Gasteiger partial charge in [0.15, 0.2) is 0 Å². The second-order valence-corrected chi connectivity index (χ2v) is 8.50. The summed E-state index contributed by atoms with van der Waals surface area (Å²) in [6.45, 7) is 2.32. The highest BCUT2D eigenvalue weighted by Gasteiger charge is 2.32. The molecule has 1 aliphatic heterocycles. The maximum atomic E-state index is 14.7. The number of benzene rings is 2. The predicted molar refractivity (Wildman–Crippen MR) is 124 cm³/mol. The Morgan fingerprint density at radius 3 is 2.56 bits per heavy atom. The van der Waals surface area contributed by atoms with Crippen molar-refractivity contribution >= 4 is 41.7 Å². The number of unbranched alkanes of at least 4 members (excludes halogenated alkanes) is 1. The van der Waals surface area contributed by atoms with Crippen LogP contribution in [0.4, 0.5) is 23.2 Å². The number of fused-ring (bicyclic) bond motifs is 1. The van der Waals surface area contributed by atoms with Crippen molar-refractivity contribution in [2.75, 3.05) is 17.2 Å². The predicted octanol–water partition coefficient (Wildman–Crippen LogP) is 4.64. The first kappa shape index (κ1) is 27.7. The lowest BCUT2D eigenvalue weighted by Crippen LogP contribution is -2.44. The summed E-state index contributed by atoms with van der Waals surface area (Å²) in [6.07, 6.45) is -3.22. The number of carbonyl (C=O) groups excluding carboxylic acids is 2. The molecule has 3 N–H and O–H groups in total. The van der Waals surface area contributed by atoms with Gasteiger partial charge in [-0.2, -0.15) is 0 Å². The van der Waals surface area contributed by atoms with E-state index in [1.54, 1.807) is 0 Å². The highest BCUT2D eigenvalue weighted by atomic mass is 35.5. The molecule has 0 unspecified atom stereocenters. The van der Waals surface area contributed by atoms with E-state index in [1.165, 1.54) is 40.9 Å². The number of rotatable bonds is 7. The topological polar surface area (TPSA) is 84.7 Å². The number of hydrogen-bond acceptors (Lipinski definition) is 5. The molecule has 1 aliphatic rings. The molecule has 34 heavy (non-hydrogen) atoms. The number of nitrogens with one attached hydrogen (secondary N) is 1. The van der Waals surface area contributed by atoms with E-state index in [4.69, 9.17) is 5.73 Å². The van der Waals surface area contributed by atoms with Crippen molar-refractivity contribution in [3.63, 3.8) is 0 Å². The third kappa shape index (κ3) is 7.00. The zero-order chi connectivity index (χ0) is 24.2. The van der Waals surface area contributed by atoms with E-state index in [0.29, 0.717) is 22.7 Å². The first-order valence-electron chi connectivity index (χ1n) is 10.2. The van der Waals surface area contributed by atoms with Gasteiger partial charge in [-0.05, 0) is 36.2 Å². The molecule has 0 saturated carbocycles. The fourth-order valence-electron chi connectivity index (χ4n) is 3.23. The smallest absolute Gasteiger partial charge is 0.406 e. The second kappa shape index (κ2) is 11.8. The summed E-state index contributed by atoms with van der Waals surface area (Å²) >= 11 is 1.20. The number of nitrogens with two attached hydrogens (primary N) is 1. The van der Waals surface area contributed by atoms with Gasteiger partial charge in [-0.1, -0.05) is 25.5 Å². The molecule has 0 aromatic heterocycles. The molecule has 0 spiro atoms. The lowest BCUT2D eigenvalue weighted by molar-refractivity contribution is -0.274. The van der Waals surface area contributed by atoms with Crippen LogP contribution in [0.25, 0.3) is 0 Å². The minimum absolute atomic E-state index is 0. The Kier molecular flexibility index (Phi) is 9.60. The average Bonchev–Trinajstić information content (AvgIpc) is 2.85. The number of amides is 2. The van der Waals surface area contributed by atoms with Crippen molar-refractivity contribution in [1.29, 1.82) is 0 Å².